The number of hydrogen-bond acceptors (Lipinski definition) is 6. The second kappa shape index (κ2) is 8.49. The Labute approximate surface area is 178 Å². The third-order valence-electron chi connectivity index (χ3n) is 4.20. The van der Waals surface area contributed by atoms with Crippen molar-refractivity contribution in [1.29, 1.82) is 5.26 Å². The largest absolute Gasteiger partial charge is 0.316 e. The number of fused-ring (bicyclic) bond motifs is 1. The molecule has 0 atom stereocenters. The normalized spacial score (nSPS) is 10.7. The lowest BCUT2D eigenvalue weighted by Gasteiger charge is -2.13. The zero-order valence-electron chi connectivity index (χ0n) is 15.3. The number of amides is 1. The molecule has 2 heterocycles. The molecule has 6 nitrogen and oxygen atoms in total. The van der Waals surface area contributed by atoms with Crippen LogP contribution >= 0.6 is 23.1 Å². The van der Waals surface area contributed by atoms with E-state index in [1.165, 1.54) is 40.2 Å². The zero-order valence-corrected chi connectivity index (χ0v) is 17.0. The molecule has 148 valence electrons. The van der Waals surface area contributed by atoms with E-state index >= 15 is 0 Å². The van der Waals surface area contributed by atoms with Gasteiger partial charge >= 0.3 is 0 Å². The highest BCUT2D eigenvalue weighted by atomic mass is 32.2. The van der Waals surface area contributed by atoms with Crippen LogP contribution in [-0.4, -0.2) is 21.2 Å². The number of halogens is 1. The van der Waals surface area contributed by atoms with Crippen LogP contribution in [-0.2, 0) is 4.79 Å². The van der Waals surface area contributed by atoms with Crippen molar-refractivity contribution in [2.75, 3.05) is 11.1 Å². The highest BCUT2D eigenvalue weighted by Gasteiger charge is 2.16. The Kier molecular flexibility index (Phi) is 5.61. The Morgan fingerprint density at radius 1 is 1.20 bits per heavy atom. The molecule has 0 fully saturated rings. The predicted molar refractivity (Wildman–Crippen MR) is 116 cm³/mol. The summed E-state index contributed by atoms with van der Waals surface area (Å²) in [6.45, 7) is 0. The minimum Gasteiger partial charge on any atom is -0.316 e. The molecule has 30 heavy (non-hydrogen) atoms. The maximum atomic E-state index is 13.4. The van der Waals surface area contributed by atoms with Gasteiger partial charge in [0.25, 0.3) is 5.56 Å². The third kappa shape index (κ3) is 3.96. The summed E-state index contributed by atoms with van der Waals surface area (Å²) in [6.07, 6.45) is 0. The number of nitrogens with one attached hydrogen (secondary N) is 1. The zero-order chi connectivity index (χ0) is 21.1. The summed E-state index contributed by atoms with van der Waals surface area (Å²) in [5.41, 5.74) is 1.05. The molecule has 0 saturated carbocycles. The van der Waals surface area contributed by atoms with E-state index in [4.69, 9.17) is 5.26 Å². The molecular formula is C21H13FN4O2S2. The molecule has 1 N–H and O–H groups in total. The van der Waals surface area contributed by atoms with Crippen molar-refractivity contribution in [3.63, 3.8) is 0 Å². The second-order valence-electron chi connectivity index (χ2n) is 6.14. The number of anilines is 1. The quantitative estimate of drug-likeness (QED) is 0.374. The summed E-state index contributed by atoms with van der Waals surface area (Å²) in [7, 11) is 0. The number of aromatic nitrogens is 2. The van der Waals surface area contributed by atoms with Gasteiger partial charge in [0.05, 0.1) is 27.9 Å². The number of hydrogen-bond donors (Lipinski definition) is 1. The molecule has 0 spiro atoms. The van der Waals surface area contributed by atoms with Crippen LogP contribution < -0.4 is 10.9 Å². The molecule has 2 aromatic carbocycles. The summed E-state index contributed by atoms with van der Waals surface area (Å²) < 4.78 is 14.7. The lowest BCUT2D eigenvalue weighted by atomic mass is 10.2. The molecule has 9 heteroatoms. The molecule has 0 saturated heterocycles. The highest BCUT2D eigenvalue weighted by molar-refractivity contribution is 7.99. The summed E-state index contributed by atoms with van der Waals surface area (Å²) in [4.78, 5) is 30.0. The first kappa shape index (κ1) is 19.8. The summed E-state index contributed by atoms with van der Waals surface area (Å²) in [5.74, 6) is -0.764. The van der Waals surface area contributed by atoms with Gasteiger partial charge in [0, 0.05) is 0 Å². The van der Waals surface area contributed by atoms with Gasteiger partial charge in [0.15, 0.2) is 5.16 Å². The van der Waals surface area contributed by atoms with Crippen molar-refractivity contribution in [2.24, 2.45) is 0 Å². The van der Waals surface area contributed by atoms with Crippen LogP contribution in [0.15, 0.2) is 69.9 Å². The standard InChI is InChI=1S/C21H13FN4O2S2/c22-14-5-7-15(8-6-14)26-20(28)16-3-1-2-4-17(16)24-21(26)30-12-18(27)25-19-13(11-23)9-10-29-19/h1-10H,12H2,(H,25,27). The maximum Gasteiger partial charge on any atom is 0.266 e. The van der Waals surface area contributed by atoms with E-state index < -0.39 is 5.82 Å². The van der Waals surface area contributed by atoms with Gasteiger partial charge in [-0.3, -0.25) is 14.2 Å². The van der Waals surface area contributed by atoms with Gasteiger partial charge in [0.2, 0.25) is 5.91 Å². The number of nitrogens with zero attached hydrogens (tertiary/aromatic N) is 3. The first-order valence-electron chi connectivity index (χ1n) is 8.75. The fourth-order valence-electron chi connectivity index (χ4n) is 2.81. The van der Waals surface area contributed by atoms with Crippen molar-refractivity contribution in [3.05, 3.63) is 81.7 Å². The van der Waals surface area contributed by atoms with Crippen LogP contribution in [0.5, 0.6) is 0 Å². The first-order valence-corrected chi connectivity index (χ1v) is 10.6. The first-order chi connectivity index (χ1) is 14.6. The van der Waals surface area contributed by atoms with E-state index in [2.05, 4.69) is 10.3 Å². The van der Waals surface area contributed by atoms with E-state index in [0.717, 1.165) is 11.8 Å². The fraction of sp³-hybridized carbons (Fsp3) is 0.0476. The molecular weight excluding hydrogens is 423 g/mol. The number of benzene rings is 2. The third-order valence-corrected chi connectivity index (χ3v) is 5.97. The number of para-hydroxylation sites is 1. The Balaban J connectivity index is 1.68. The van der Waals surface area contributed by atoms with Crippen LogP contribution in [0.25, 0.3) is 16.6 Å². The predicted octanol–water partition coefficient (Wildman–Crippen LogP) is 4.19. The van der Waals surface area contributed by atoms with E-state index in [-0.39, 0.29) is 17.2 Å². The number of thiophene rings is 1. The van der Waals surface area contributed by atoms with Crippen molar-refractivity contribution < 1.29 is 9.18 Å². The molecule has 4 aromatic rings. The van der Waals surface area contributed by atoms with Crippen molar-refractivity contribution in [3.8, 4) is 11.8 Å². The lowest BCUT2D eigenvalue weighted by molar-refractivity contribution is -0.113. The average Bonchev–Trinajstić information content (AvgIpc) is 3.20. The number of nitriles is 1. The Bertz CT molecular complexity index is 1340. The van der Waals surface area contributed by atoms with Gasteiger partial charge in [0.1, 0.15) is 16.9 Å². The molecule has 0 aliphatic carbocycles. The molecule has 0 unspecified atom stereocenters. The smallest absolute Gasteiger partial charge is 0.266 e. The average molecular weight is 436 g/mol. The van der Waals surface area contributed by atoms with Gasteiger partial charge in [-0.2, -0.15) is 5.26 Å². The van der Waals surface area contributed by atoms with Crippen LogP contribution in [0.2, 0.25) is 0 Å². The number of carbonyl (C=O) groups excluding carboxylic acids is 1. The van der Waals surface area contributed by atoms with Gasteiger partial charge < -0.3 is 5.32 Å². The van der Waals surface area contributed by atoms with Crippen molar-refractivity contribution in [1.82, 2.24) is 9.55 Å². The Hall–Kier alpha value is -3.48. The van der Waals surface area contributed by atoms with Crippen LogP contribution in [0.4, 0.5) is 9.39 Å². The molecule has 0 radical (unpaired) electrons. The molecule has 0 aliphatic heterocycles. The number of carbonyl (C=O) groups is 1. The van der Waals surface area contributed by atoms with Crippen molar-refractivity contribution >= 4 is 44.9 Å². The van der Waals surface area contributed by atoms with E-state index in [0.29, 0.717) is 32.3 Å². The second-order valence-corrected chi connectivity index (χ2v) is 8.00. The minimum absolute atomic E-state index is 0.0191. The fourth-order valence-corrected chi connectivity index (χ4v) is 4.38. The maximum absolute atomic E-state index is 13.4. The number of rotatable bonds is 5. The van der Waals surface area contributed by atoms with Gasteiger partial charge in [-0.25, -0.2) is 9.37 Å². The monoisotopic (exact) mass is 436 g/mol. The topological polar surface area (TPSA) is 87.8 Å². The van der Waals surface area contributed by atoms with Crippen molar-refractivity contribution in [2.45, 2.75) is 5.16 Å². The molecule has 0 bridgehead atoms. The number of thioether (sulfide) groups is 1. The van der Waals surface area contributed by atoms with Gasteiger partial charge in [-0.15, -0.1) is 11.3 Å². The Morgan fingerprint density at radius 2 is 1.97 bits per heavy atom. The van der Waals surface area contributed by atoms with E-state index in [1.54, 1.807) is 35.7 Å². The van der Waals surface area contributed by atoms with E-state index in [1.807, 2.05) is 6.07 Å². The lowest BCUT2D eigenvalue weighted by Crippen LogP contribution is -2.23. The molecule has 1 amide bonds. The van der Waals surface area contributed by atoms with Crippen LogP contribution in [0, 0.1) is 17.1 Å². The molecule has 0 aliphatic rings. The molecule has 2 aromatic heterocycles. The van der Waals surface area contributed by atoms with Crippen LogP contribution in [0.1, 0.15) is 5.56 Å². The van der Waals surface area contributed by atoms with Gasteiger partial charge in [-0.1, -0.05) is 23.9 Å². The summed E-state index contributed by atoms with van der Waals surface area (Å²) in [5, 5.41) is 14.7. The molecule has 4 rings (SSSR count). The highest BCUT2D eigenvalue weighted by Crippen LogP contribution is 2.24. The minimum atomic E-state index is -0.418. The van der Waals surface area contributed by atoms with Crippen LogP contribution in [0.3, 0.4) is 0 Å². The van der Waals surface area contributed by atoms with Gasteiger partial charge in [-0.05, 0) is 47.8 Å². The summed E-state index contributed by atoms with van der Waals surface area (Å²) in [6, 6.07) is 16.1. The Morgan fingerprint density at radius 3 is 2.73 bits per heavy atom. The van der Waals surface area contributed by atoms with E-state index in [9.17, 15) is 14.0 Å². The summed E-state index contributed by atoms with van der Waals surface area (Å²) >= 11 is 2.35. The SMILES string of the molecule is N#Cc1ccsc1NC(=O)CSc1nc2ccccc2c(=O)n1-c1ccc(F)cc1.